The molecule has 1 fully saturated rings. The number of rotatable bonds is 3. The minimum atomic E-state index is -3.74. The summed E-state index contributed by atoms with van der Waals surface area (Å²) in [6.45, 7) is 0.812. The van der Waals surface area contributed by atoms with Crippen LogP contribution in [-0.4, -0.2) is 41.6 Å². The van der Waals surface area contributed by atoms with E-state index in [9.17, 15) is 17.6 Å². The van der Waals surface area contributed by atoms with Gasteiger partial charge in [0.1, 0.15) is 5.82 Å². The van der Waals surface area contributed by atoms with Crippen molar-refractivity contribution in [1.29, 1.82) is 0 Å². The second kappa shape index (κ2) is 7.25. The molecule has 3 heterocycles. The first kappa shape index (κ1) is 19.8. The average Bonchev–Trinajstić information content (AvgIpc) is 3.30. The number of sulfonamides is 1. The van der Waals surface area contributed by atoms with E-state index in [-0.39, 0.29) is 23.9 Å². The third kappa shape index (κ3) is 3.14. The molecule has 1 spiro atoms. The van der Waals surface area contributed by atoms with Crippen LogP contribution in [0.3, 0.4) is 0 Å². The minimum Gasteiger partial charge on any atom is -0.336 e. The Bertz CT molecular complexity index is 1250. The SMILES string of the molecule is O=C(c1ccc(F)cc1)N1CC[C@]2(C1)c1ccccc1S(=O)(=O)N2Cc1cccnc1. The minimum absolute atomic E-state index is 0.170. The molecular weight excluding hydrogens is 417 g/mol. The number of hydrogen-bond acceptors (Lipinski definition) is 4. The molecule has 3 aromatic rings. The summed E-state index contributed by atoms with van der Waals surface area (Å²) in [5, 5.41) is 0. The van der Waals surface area contributed by atoms with Crippen LogP contribution in [-0.2, 0) is 22.1 Å². The first-order chi connectivity index (χ1) is 14.9. The van der Waals surface area contributed by atoms with E-state index in [0.29, 0.717) is 24.1 Å². The normalized spacial score (nSPS) is 22.0. The first-order valence-electron chi connectivity index (χ1n) is 9.98. The zero-order chi connectivity index (χ0) is 21.6. The maximum atomic E-state index is 13.5. The predicted octanol–water partition coefficient (Wildman–Crippen LogP) is 3.17. The van der Waals surface area contributed by atoms with Gasteiger partial charge in [0.15, 0.2) is 0 Å². The van der Waals surface area contributed by atoms with Crippen molar-refractivity contribution in [2.45, 2.75) is 23.4 Å². The summed E-state index contributed by atoms with van der Waals surface area (Å²) in [6, 6.07) is 16.0. The van der Waals surface area contributed by atoms with Gasteiger partial charge in [-0.15, -0.1) is 0 Å². The number of aromatic nitrogens is 1. The lowest BCUT2D eigenvalue weighted by molar-refractivity contribution is 0.0762. The molecule has 0 N–H and O–H groups in total. The second-order valence-electron chi connectivity index (χ2n) is 7.88. The Labute approximate surface area is 180 Å². The summed E-state index contributed by atoms with van der Waals surface area (Å²) in [4.78, 5) is 19.1. The molecule has 0 unspecified atom stereocenters. The molecule has 6 nitrogen and oxygen atoms in total. The number of fused-ring (bicyclic) bond motifs is 2. The maximum Gasteiger partial charge on any atom is 0.253 e. The topological polar surface area (TPSA) is 70.6 Å². The van der Waals surface area contributed by atoms with Crippen molar-refractivity contribution in [2.24, 2.45) is 0 Å². The van der Waals surface area contributed by atoms with Gasteiger partial charge in [0.2, 0.25) is 10.0 Å². The number of benzene rings is 2. The second-order valence-corrected chi connectivity index (χ2v) is 9.72. The van der Waals surface area contributed by atoms with Crippen molar-refractivity contribution in [3.63, 3.8) is 0 Å². The Kier molecular flexibility index (Phi) is 4.64. The van der Waals surface area contributed by atoms with Crippen LogP contribution in [0.2, 0.25) is 0 Å². The van der Waals surface area contributed by atoms with Crippen LogP contribution >= 0.6 is 0 Å². The zero-order valence-corrected chi connectivity index (χ0v) is 17.4. The number of pyridine rings is 1. The summed E-state index contributed by atoms with van der Waals surface area (Å²) >= 11 is 0. The highest BCUT2D eigenvalue weighted by molar-refractivity contribution is 7.89. The van der Waals surface area contributed by atoms with Crippen molar-refractivity contribution < 1.29 is 17.6 Å². The smallest absolute Gasteiger partial charge is 0.253 e. The lowest BCUT2D eigenvalue weighted by Crippen LogP contribution is -2.46. The van der Waals surface area contributed by atoms with Crippen molar-refractivity contribution >= 4 is 15.9 Å². The van der Waals surface area contributed by atoms with Crippen molar-refractivity contribution in [2.75, 3.05) is 13.1 Å². The molecular formula is C23H20FN3O3S. The van der Waals surface area contributed by atoms with Crippen LogP contribution in [0.4, 0.5) is 4.39 Å². The van der Waals surface area contributed by atoms with Crippen molar-refractivity contribution in [3.8, 4) is 0 Å². The molecule has 158 valence electrons. The molecule has 0 radical (unpaired) electrons. The molecule has 1 amide bonds. The molecule has 5 rings (SSSR count). The van der Waals surface area contributed by atoms with Crippen LogP contribution in [0.25, 0.3) is 0 Å². The Morgan fingerprint density at radius 2 is 1.84 bits per heavy atom. The van der Waals surface area contributed by atoms with E-state index in [1.54, 1.807) is 35.5 Å². The summed E-state index contributed by atoms with van der Waals surface area (Å²) < 4.78 is 41.8. The number of halogens is 1. The molecule has 0 saturated carbocycles. The fourth-order valence-corrected chi connectivity index (χ4v) is 6.67. The van der Waals surface area contributed by atoms with Crippen LogP contribution in [0.1, 0.15) is 27.9 Å². The zero-order valence-electron chi connectivity index (χ0n) is 16.6. The number of carbonyl (C=O) groups excluding carboxylic acids is 1. The number of amides is 1. The molecule has 2 aromatic carbocycles. The van der Waals surface area contributed by atoms with E-state index in [1.165, 1.54) is 28.6 Å². The Hall–Kier alpha value is -3.10. The third-order valence-electron chi connectivity index (χ3n) is 6.11. The summed E-state index contributed by atoms with van der Waals surface area (Å²) in [5.41, 5.74) is 1.03. The van der Waals surface area contributed by atoms with Gasteiger partial charge in [-0.1, -0.05) is 24.3 Å². The molecule has 1 aromatic heterocycles. The van der Waals surface area contributed by atoms with Crippen LogP contribution in [0.5, 0.6) is 0 Å². The molecule has 31 heavy (non-hydrogen) atoms. The highest BCUT2D eigenvalue weighted by Gasteiger charge is 2.57. The highest BCUT2D eigenvalue weighted by atomic mass is 32.2. The molecule has 2 aliphatic heterocycles. The van der Waals surface area contributed by atoms with E-state index in [2.05, 4.69) is 4.98 Å². The Balaban J connectivity index is 1.55. The Morgan fingerprint density at radius 1 is 1.06 bits per heavy atom. The first-order valence-corrected chi connectivity index (χ1v) is 11.4. The molecule has 0 aliphatic carbocycles. The van der Waals surface area contributed by atoms with E-state index in [4.69, 9.17) is 0 Å². The highest BCUT2D eigenvalue weighted by Crippen LogP contribution is 2.50. The lowest BCUT2D eigenvalue weighted by Gasteiger charge is -2.34. The van der Waals surface area contributed by atoms with Crippen molar-refractivity contribution in [1.82, 2.24) is 14.2 Å². The maximum absolute atomic E-state index is 13.5. The lowest BCUT2D eigenvalue weighted by atomic mass is 9.88. The van der Waals surface area contributed by atoms with Gasteiger partial charge in [0, 0.05) is 37.6 Å². The van der Waals surface area contributed by atoms with Gasteiger partial charge >= 0.3 is 0 Å². The van der Waals surface area contributed by atoms with Crippen LogP contribution < -0.4 is 0 Å². The quantitative estimate of drug-likeness (QED) is 0.631. The third-order valence-corrected chi connectivity index (χ3v) is 8.08. The van der Waals surface area contributed by atoms with Gasteiger partial charge in [-0.25, -0.2) is 12.8 Å². The van der Waals surface area contributed by atoms with E-state index in [0.717, 1.165) is 5.56 Å². The van der Waals surface area contributed by atoms with E-state index in [1.807, 2.05) is 18.2 Å². The van der Waals surface area contributed by atoms with Gasteiger partial charge in [-0.05, 0) is 53.9 Å². The number of hydrogen-bond donors (Lipinski definition) is 0. The van der Waals surface area contributed by atoms with Gasteiger partial charge in [-0.2, -0.15) is 4.31 Å². The van der Waals surface area contributed by atoms with Crippen LogP contribution in [0, 0.1) is 5.82 Å². The molecule has 2 aliphatic rings. The number of nitrogens with zero attached hydrogens (tertiary/aromatic N) is 3. The number of likely N-dealkylation sites (tertiary alicyclic amines) is 1. The molecule has 8 heteroatoms. The Morgan fingerprint density at radius 3 is 2.58 bits per heavy atom. The fraction of sp³-hybridized carbons (Fsp3) is 0.217. The predicted molar refractivity (Wildman–Crippen MR) is 112 cm³/mol. The fourth-order valence-electron chi connectivity index (χ4n) is 4.62. The summed E-state index contributed by atoms with van der Waals surface area (Å²) in [5.74, 6) is -0.645. The average molecular weight is 437 g/mol. The monoisotopic (exact) mass is 437 g/mol. The van der Waals surface area contributed by atoms with Crippen LogP contribution in [0.15, 0.2) is 78.0 Å². The summed E-state index contributed by atoms with van der Waals surface area (Å²) in [6.07, 6.45) is 3.78. The molecule has 0 bridgehead atoms. The molecule has 1 atom stereocenters. The van der Waals surface area contributed by atoms with Gasteiger partial charge in [0.25, 0.3) is 5.91 Å². The van der Waals surface area contributed by atoms with Gasteiger partial charge < -0.3 is 4.90 Å². The molecule has 1 saturated heterocycles. The van der Waals surface area contributed by atoms with E-state index >= 15 is 0 Å². The number of carbonyl (C=O) groups is 1. The largest absolute Gasteiger partial charge is 0.336 e. The van der Waals surface area contributed by atoms with Gasteiger partial charge in [-0.3, -0.25) is 9.78 Å². The van der Waals surface area contributed by atoms with Crippen molar-refractivity contribution in [3.05, 3.63) is 95.6 Å². The van der Waals surface area contributed by atoms with E-state index < -0.39 is 21.4 Å². The summed E-state index contributed by atoms with van der Waals surface area (Å²) in [7, 11) is -3.74. The standard InChI is InChI=1S/C23H20FN3O3S/c24-19-9-7-18(8-10-19)22(28)26-13-11-23(16-26)20-5-1-2-6-21(20)31(29,30)27(23)15-17-4-3-12-25-14-17/h1-10,12,14H,11,13,15-16H2/t23-/m0/s1. The van der Waals surface area contributed by atoms with Gasteiger partial charge in [0.05, 0.1) is 10.4 Å².